The second-order valence-corrected chi connectivity index (χ2v) is 4.09. The van der Waals surface area contributed by atoms with Crippen LogP contribution >= 0.6 is 0 Å². The van der Waals surface area contributed by atoms with Crippen LogP contribution < -0.4 is 5.32 Å². The SMILES string of the molecule is CCNCc1coc(-c2cccc(C(F)(F)F)c2F)n1. The zero-order chi connectivity index (χ0) is 14.8. The number of aromatic nitrogens is 1. The Morgan fingerprint density at radius 2 is 2.05 bits per heavy atom. The van der Waals surface area contributed by atoms with Crippen LogP contribution in [0.4, 0.5) is 17.6 Å². The third-order valence-electron chi connectivity index (χ3n) is 2.64. The third-order valence-corrected chi connectivity index (χ3v) is 2.64. The molecule has 1 aromatic carbocycles. The maximum absolute atomic E-state index is 13.9. The van der Waals surface area contributed by atoms with Crippen molar-refractivity contribution in [1.82, 2.24) is 10.3 Å². The molecule has 0 atom stereocenters. The molecule has 0 radical (unpaired) electrons. The molecule has 2 rings (SSSR count). The Bertz CT molecular complexity index is 592. The molecule has 0 spiro atoms. The number of oxazole rings is 1. The molecule has 2 aromatic rings. The van der Waals surface area contributed by atoms with Gasteiger partial charge in [0, 0.05) is 6.54 Å². The first-order valence-electron chi connectivity index (χ1n) is 5.94. The van der Waals surface area contributed by atoms with E-state index in [2.05, 4.69) is 10.3 Å². The Hall–Kier alpha value is -1.89. The van der Waals surface area contributed by atoms with Gasteiger partial charge in [-0.2, -0.15) is 13.2 Å². The summed E-state index contributed by atoms with van der Waals surface area (Å²) in [7, 11) is 0. The molecular formula is C13H12F4N2O. The van der Waals surface area contributed by atoms with Crippen LogP contribution in [0.2, 0.25) is 0 Å². The topological polar surface area (TPSA) is 38.1 Å². The largest absolute Gasteiger partial charge is 0.444 e. The average Bonchev–Trinajstić information content (AvgIpc) is 2.83. The van der Waals surface area contributed by atoms with Crippen molar-refractivity contribution in [1.29, 1.82) is 0 Å². The summed E-state index contributed by atoms with van der Waals surface area (Å²) in [5, 5.41) is 2.98. The lowest BCUT2D eigenvalue weighted by Crippen LogP contribution is -2.11. The highest BCUT2D eigenvalue weighted by Gasteiger charge is 2.35. The molecule has 0 aliphatic rings. The maximum Gasteiger partial charge on any atom is 0.419 e. The Balaban J connectivity index is 2.36. The summed E-state index contributed by atoms with van der Waals surface area (Å²) >= 11 is 0. The first-order valence-corrected chi connectivity index (χ1v) is 5.94. The van der Waals surface area contributed by atoms with Crippen LogP contribution in [0.15, 0.2) is 28.9 Å². The Morgan fingerprint density at radius 3 is 2.70 bits per heavy atom. The zero-order valence-corrected chi connectivity index (χ0v) is 10.6. The van der Waals surface area contributed by atoms with E-state index < -0.39 is 17.6 Å². The first-order chi connectivity index (χ1) is 9.43. The molecule has 0 aliphatic carbocycles. The van der Waals surface area contributed by atoms with Gasteiger partial charge < -0.3 is 9.73 Å². The van der Waals surface area contributed by atoms with Crippen molar-refractivity contribution in [3.63, 3.8) is 0 Å². The Kier molecular flexibility index (Phi) is 4.08. The monoisotopic (exact) mass is 288 g/mol. The molecule has 20 heavy (non-hydrogen) atoms. The second-order valence-electron chi connectivity index (χ2n) is 4.09. The Labute approximate surface area is 112 Å². The molecule has 1 heterocycles. The first kappa shape index (κ1) is 14.5. The normalized spacial score (nSPS) is 11.8. The predicted molar refractivity (Wildman–Crippen MR) is 64.3 cm³/mol. The number of benzene rings is 1. The van der Waals surface area contributed by atoms with Gasteiger partial charge in [0.15, 0.2) is 0 Å². The number of halogens is 4. The number of hydrogen-bond acceptors (Lipinski definition) is 3. The molecule has 0 bridgehead atoms. The average molecular weight is 288 g/mol. The van der Waals surface area contributed by atoms with Gasteiger partial charge in [0.25, 0.3) is 0 Å². The van der Waals surface area contributed by atoms with E-state index in [0.717, 1.165) is 6.07 Å². The van der Waals surface area contributed by atoms with Crippen LogP contribution in [0.25, 0.3) is 11.5 Å². The fourth-order valence-corrected chi connectivity index (χ4v) is 1.68. The molecular weight excluding hydrogens is 276 g/mol. The highest BCUT2D eigenvalue weighted by Crippen LogP contribution is 2.35. The molecule has 0 amide bonds. The van der Waals surface area contributed by atoms with Crippen LogP contribution in [0.3, 0.4) is 0 Å². The second kappa shape index (κ2) is 5.62. The summed E-state index contributed by atoms with van der Waals surface area (Å²) in [5.41, 5.74) is -1.14. The standard InChI is InChI=1S/C13H12F4N2O/c1-2-18-6-8-7-20-12(19-8)9-4-3-5-10(11(9)14)13(15,16)17/h3-5,7,18H,2,6H2,1H3. The van der Waals surface area contributed by atoms with Crippen molar-refractivity contribution in [2.45, 2.75) is 19.6 Å². The minimum atomic E-state index is -4.75. The van der Waals surface area contributed by atoms with E-state index in [1.165, 1.54) is 12.3 Å². The van der Waals surface area contributed by atoms with Gasteiger partial charge in [-0.1, -0.05) is 13.0 Å². The summed E-state index contributed by atoms with van der Waals surface area (Å²) < 4.78 is 56.8. The minimum absolute atomic E-state index is 0.165. The van der Waals surface area contributed by atoms with E-state index in [0.29, 0.717) is 24.8 Å². The van der Waals surface area contributed by atoms with E-state index in [4.69, 9.17) is 4.42 Å². The van der Waals surface area contributed by atoms with Crippen molar-refractivity contribution in [2.75, 3.05) is 6.54 Å². The number of hydrogen-bond donors (Lipinski definition) is 1. The number of nitrogens with zero attached hydrogens (tertiary/aromatic N) is 1. The lowest BCUT2D eigenvalue weighted by atomic mass is 10.1. The van der Waals surface area contributed by atoms with E-state index in [-0.39, 0.29) is 11.5 Å². The summed E-state index contributed by atoms with van der Waals surface area (Å²) in [6, 6.07) is 3.00. The lowest BCUT2D eigenvalue weighted by molar-refractivity contribution is -0.139. The van der Waals surface area contributed by atoms with Gasteiger partial charge in [0.1, 0.15) is 12.1 Å². The maximum atomic E-state index is 13.9. The number of rotatable bonds is 4. The van der Waals surface area contributed by atoms with Crippen molar-refractivity contribution in [3.8, 4) is 11.5 Å². The van der Waals surface area contributed by atoms with E-state index in [1.807, 2.05) is 6.92 Å². The summed E-state index contributed by atoms with van der Waals surface area (Å²) in [6.07, 6.45) is -3.46. The molecule has 0 aliphatic heterocycles. The molecule has 0 saturated carbocycles. The van der Waals surface area contributed by atoms with E-state index in [9.17, 15) is 17.6 Å². The van der Waals surface area contributed by atoms with Crippen LogP contribution in [-0.4, -0.2) is 11.5 Å². The van der Waals surface area contributed by atoms with Gasteiger partial charge >= 0.3 is 6.18 Å². The molecule has 108 valence electrons. The molecule has 1 aromatic heterocycles. The van der Waals surface area contributed by atoms with E-state index in [1.54, 1.807) is 0 Å². The Morgan fingerprint density at radius 1 is 1.30 bits per heavy atom. The van der Waals surface area contributed by atoms with Crippen LogP contribution in [-0.2, 0) is 12.7 Å². The van der Waals surface area contributed by atoms with Gasteiger partial charge in [-0.25, -0.2) is 9.37 Å². The third kappa shape index (κ3) is 2.98. The molecule has 0 unspecified atom stereocenters. The van der Waals surface area contributed by atoms with Crippen LogP contribution in [0, 0.1) is 5.82 Å². The number of alkyl halides is 3. The molecule has 0 saturated heterocycles. The van der Waals surface area contributed by atoms with Gasteiger partial charge in [-0.15, -0.1) is 0 Å². The summed E-state index contributed by atoms with van der Waals surface area (Å²) in [6.45, 7) is 3.01. The molecule has 3 nitrogen and oxygen atoms in total. The minimum Gasteiger partial charge on any atom is -0.444 e. The lowest BCUT2D eigenvalue weighted by Gasteiger charge is -2.09. The van der Waals surface area contributed by atoms with E-state index >= 15 is 0 Å². The van der Waals surface area contributed by atoms with Crippen LogP contribution in [0.1, 0.15) is 18.2 Å². The summed E-state index contributed by atoms with van der Waals surface area (Å²) in [5.74, 6) is -1.54. The van der Waals surface area contributed by atoms with Gasteiger partial charge in [-0.3, -0.25) is 0 Å². The van der Waals surface area contributed by atoms with Crippen LogP contribution in [0.5, 0.6) is 0 Å². The van der Waals surface area contributed by atoms with Crippen molar-refractivity contribution in [2.24, 2.45) is 0 Å². The van der Waals surface area contributed by atoms with Crippen molar-refractivity contribution >= 4 is 0 Å². The highest BCUT2D eigenvalue weighted by molar-refractivity contribution is 5.56. The smallest absolute Gasteiger partial charge is 0.419 e. The quantitative estimate of drug-likeness (QED) is 0.873. The molecule has 0 fully saturated rings. The molecule has 1 N–H and O–H groups in total. The predicted octanol–water partition coefficient (Wildman–Crippen LogP) is 3.61. The fraction of sp³-hybridized carbons (Fsp3) is 0.308. The fourth-order valence-electron chi connectivity index (χ4n) is 1.68. The van der Waals surface area contributed by atoms with Gasteiger partial charge in [0.05, 0.1) is 16.8 Å². The van der Waals surface area contributed by atoms with Gasteiger partial charge in [0.2, 0.25) is 5.89 Å². The molecule has 7 heteroatoms. The number of nitrogens with one attached hydrogen (secondary N) is 1. The zero-order valence-electron chi connectivity index (χ0n) is 10.6. The highest BCUT2D eigenvalue weighted by atomic mass is 19.4. The van der Waals surface area contributed by atoms with Crippen molar-refractivity contribution in [3.05, 3.63) is 41.5 Å². The van der Waals surface area contributed by atoms with Crippen molar-refractivity contribution < 1.29 is 22.0 Å². The van der Waals surface area contributed by atoms with Gasteiger partial charge in [-0.05, 0) is 18.7 Å². The summed E-state index contributed by atoms with van der Waals surface area (Å²) in [4.78, 5) is 3.97.